The molecule has 1 aromatic carbocycles. The minimum atomic E-state index is 0.827. The Labute approximate surface area is 209 Å². The summed E-state index contributed by atoms with van der Waals surface area (Å²) in [4.78, 5) is 4.71. The molecular weight excluding hydrogens is 414 g/mol. The van der Waals surface area contributed by atoms with Crippen LogP contribution >= 0.6 is 0 Å². The van der Waals surface area contributed by atoms with Crippen LogP contribution < -0.4 is 4.74 Å². The Kier molecular flexibility index (Phi) is 12.0. The number of aromatic nitrogens is 1. The van der Waals surface area contributed by atoms with E-state index in [1.165, 1.54) is 89.0 Å². The second kappa shape index (κ2) is 15.2. The third-order valence-corrected chi connectivity index (χ3v) is 8.04. The van der Waals surface area contributed by atoms with Crippen molar-refractivity contribution in [2.24, 2.45) is 17.8 Å². The lowest BCUT2D eigenvalue weighted by Gasteiger charge is -2.28. The molecule has 2 aromatic rings. The van der Waals surface area contributed by atoms with Gasteiger partial charge in [-0.05, 0) is 79.3 Å². The van der Waals surface area contributed by atoms with Crippen LogP contribution in [0, 0.1) is 17.8 Å². The van der Waals surface area contributed by atoms with Crippen molar-refractivity contribution in [1.29, 1.82) is 0 Å². The van der Waals surface area contributed by atoms with Gasteiger partial charge in [0.1, 0.15) is 5.75 Å². The van der Waals surface area contributed by atoms with E-state index in [2.05, 4.69) is 63.4 Å². The third-order valence-electron chi connectivity index (χ3n) is 8.04. The maximum atomic E-state index is 6.05. The molecule has 0 spiro atoms. The van der Waals surface area contributed by atoms with Gasteiger partial charge < -0.3 is 4.74 Å². The van der Waals surface area contributed by atoms with Crippen LogP contribution in [0.4, 0.5) is 0 Å². The maximum Gasteiger partial charge on any atom is 0.119 e. The molecule has 1 saturated carbocycles. The summed E-state index contributed by atoms with van der Waals surface area (Å²) in [7, 11) is 0. The smallest absolute Gasteiger partial charge is 0.119 e. The van der Waals surface area contributed by atoms with Gasteiger partial charge in [-0.3, -0.25) is 4.98 Å². The van der Waals surface area contributed by atoms with E-state index in [1.807, 2.05) is 0 Å². The van der Waals surface area contributed by atoms with Gasteiger partial charge in [-0.15, -0.1) is 0 Å². The highest BCUT2D eigenvalue weighted by atomic mass is 16.5. The Balaban J connectivity index is 1.32. The molecule has 1 heterocycles. The molecule has 0 N–H and O–H groups in total. The van der Waals surface area contributed by atoms with Gasteiger partial charge in [0.05, 0.1) is 12.3 Å². The summed E-state index contributed by atoms with van der Waals surface area (Å²) in [5, 5.41) is 0. The Hall–Kier alpha value is -1.83. The van der Waals surface area contributed by atoms with E-state index in [4.69, 9.17) is 9.72 Å². The van der Waals surface area contributed by atoms with Crippen molar-refractivity contribution in [3.63, 3.8) is 0 Å². The first-order valence-corrected chi connectivity index (χ1v) is 14.4. The highest BCUT2D eigenvalue weighted by molar-refractivity contribution is 5.60. The zero-order valence-corrected chi connectivity index (χ0v) is 22.2. The maximum absolute atomic E-state index is 6.05. The normalized spacial score (nSPS) is 19.1. The molecule has 2 heteroatoms. The predicted molar refractivity (Wildman–Crippen MR) is 146 cm³/mol. The second-order valence-electron chi connectivity index (χ2n) is 10.9. The Morgan fingerprint density at radius 1 is 0.853 bits per heavy atom. The van der Waals surface area contributed by atoms with E-state index in [-0.39, 0.29) is 0 Å². The summed E-state index contributed by atoms with van der Waals surface area (Å²) in [6, 6.07) is 12.9. The largest absolute Gasteiger partial charge is 0.494 e. The average Bonchev–Trinajstić information content (AvgIpc) is 2.88. The molecule has 0 unspecified atom stereocenters. The summed E-state index contributed by atoms with van der Waals surface area (Å²) in [5.74, 6) is 3.74. The molecule has 3 rings (SSSR count). The first-order valence-electron chi connectivity index (χ1n) is 14.4. The fraction of sp³-hybridized carbons (Fsp3) is 0.656. The lowest BCUT2D eigenvalue weighted by Crippen LogP contribution is -2.15. The molecule has 188 valence electrons. The Bertz CT molecular complexity index is 774. The SMILES string of the molecule is CCCCC[C@H]1CC[C@H](CCCOc2ccc(-c3ccc(CCC[C@@H](C)CC)cn3)cc2)CC1. The first kappa shape index (κ1) is 26.8. The average molecular weight is 464 g/mol. The quantitative estimate of drug-likeness (QED) is 0.245. The van der Waals surface area contributed by atoms with Crippen molar-refractivity contribution < 1.29 is 4.74 Å². The number of rotatable bonds is 15. The lowest BCUT2D eigenvalue weighted by molar-refractivity contribution is 0.228. The summed E-state index contributed by atoms with van der Waals surface area (Å²) in [6.45, 7) is 7.76. The van der Waals surface area contributed by atoms with Crippen molar-refractivity contribution in [2.45, 2.75) is 111 Å². The molecule has 0 aliphatic heterocycles. The van der Waals surface area contributed by atoms with Crippen molar-refractivity contribution in [1.82, 2.24) is 4.98 Å². The first-order chi connectivity index (χ1) is 16.7. The molecule has 1 aromatic heterocycles. The number of aryl methyl sites for hydroxylation is 1. The van der Waals surface area contributed by atoms with E-state index >= 15 is 0 Å². The van der Waals surface area contributed by atoms with Gasteiger partial charge in [0.25, 0.3) is 0 Å². The van der Waals surface area contributed by atoms with Crippen LogP contribution in [-0.4, -0.2) is 11.6 Å². The number of ether oxygens (including phenoxy) is 1. The van der Waals surface area contributed by atoms with E-state index in [0.29, 0.717) is 0 Å². The standard InChI is InChI=1S/C32H49NO/c1-4-6-7-11-27-14-16-28(17-15-27)13-9-24-34-31-21-19-30(20-22-31)32-23-18-29(25-33-32)12-8-10-26(3)5-2/h18-23,25-28H,4-17,24H2,1-3H3/t26-,27-,28-/m0/s1. The minimum Gasteiger partial charge on any atom is -0.494 e. The van der Waals surface area contributed by atoms with Crippen molar-refractivity contribution >= 4 is 0 Å². The minimum absolute atomic E-state index is 0.827. The number of benzene rings is 1. The van der Waals surface area contributed by atoms with Gasteiger partial charge in [-0.1, -0.05) is 91.0 Å². The highest BCUT2D eigenvalue weighted by Gasteiger charge is 2.20. The van der Waals surface area contributed by atoms with Crippen LogP contribution in [0.25, 0.3) is 11.3 Å². The van der Waals surface area contributed by atoms with E-state index in [1.54, 1.807) is 0 Å². The Morgan fingerprint density at radius 3 is 2.18 bits per heavy atom. The second-order valence-corrected chi connectivity index (χ2v) is 10.9. The fourth-order valence-electron chi connectivity index (χ4n) is 5.38. The summed E-state index contributed by atoms with van der Waals surface area (Å²) < 4.78 is 6.05. The zero-order chi connectivity index (χ0) is 24.0. The number of hydrogen-bond acceptors (Lipinski definition) is 2. The van der Waals surface area contributed by atoms with Gasteiger partial charge in [0.2, 0.25) is 0 Å². The molecule has 34 heavy (non-hydrogen) atoms. The van der Waals surface area contributed by atoms with Crippen molar-refractivity contribution in [3.8, 4) is 17.0 Å². The monoisotopic (exact) mass is 463 g/mol. The molecule has 2 nitrogen and oxygen atoms in total. The van der Waals surface area contributed by atoms with Crippen LogP contribution in [0.2, 0.25) is 0 Å². The summed E-state index contributed by atoms with van der Waals surface area (Å²) in [5.41, 5.74) is 3.55. The molecule has 1 aliphatic rings. The summed E-state index contributed by atoms with van der Waals surface area (Å²) >= 11 is 0. The predicted octanol–water partition coefficient (Wildman–Crippen LogP) is 9.66. The molecule has 0 amide bonds. The van der Waals surface area contributed by atoms with Crippen LogP contribution in [-0.2, 0) is 6.42 Å². The van der Waals surface area contributed by atoms with Crippen LogP contribution in [0.15, 0.2) is 42.6 Å². The third kappa shape index (κ3) is 9.43. The topological polar surface area (TPSA) is 22.1 Å². The number of hydrogen-bond donors (Lipinski definition) is 0. The molecule has 1 fully saturated rings. The number of nitrogens with zero attached hydrogens (tertiary/aromatic N) is 1. The van der Waals surface area contributed by atoms with Crippen molar-refractivity contribution in [3.05, 3.63) is 48.2 Å². The van der Waals surface area contributed by atoms with Gasteiger partial charge in [0, 0.05) is 11.8 Å². The van der Waals surface area contributed by atoms with Crippen LogP contribution in [0.1, 0.15) is 110 Å². The summed E-state index contributed by atoms with van der Waals surface area (Å²) in [6.07, 6.45) is 21.0. The van der Waals surface area contributed by atoms with E-state index < -0.39 is 0 Å². The van der Waals surface area contributed by atoms with Gasteiger partial charge in [-0.25, -0.2) is 0 Å². The molecule has 0 radical (unpaired) electrons. The van der Waals surface area contributed by atoms with Crippen LogP contribution in [0.5, 0.6) is 5.75 Å². The molecular formula is C32H49NO. The van der Waals surface area contributed by atoms with Gasteiger partial charge in [-0.2, -0.15) is 0 Å². The van der Waals surface area contributed by atoms with E-state index in [0.717, 1.165) is 47.8 Å². The Morgan fingerprint density at radius 2 is 1.56 bits per heavy atom. The highest BCUT2D eigenvalue weighted by Crippen LogP contribution is 2.34. The van der Waals surface area contributed by atoms with E-state index in [9.17, 15) is 0 Å². The van der Waals surface area contributed by atoms with Gasteiger partial charge in [0.15, 0.2) is 0 Å². The molecule has 0 bridgehead atoms. The number of unbranched alkanes of at least 4 members (excludes halogenated alkanes) is 2. The fourth-order valence-corrected chi connectivity index (χ4v) is 5.38. The zero-order valence-electron chi connectivity index (χ0n) is 22.2. The van der Waals surface area contributed by atoms with Gasteiger partial charge >= 0.3 is 0 Å². The number of pyridine rings is 1. The lowest BCUT2D eigenvalue weighted by atomic mass is 9.78. The van der Waals surface area contributed by atoms with Crippen molar-refractivity contribution in [2.75, 3.05) is 6.61 Å². The van der Waals surface area contributed by atoms with Crippen LogP contribution in [0.3, 0.4) is 0 Å². The molecule has 0 saturated heterocycles. The molecule has 1 atom stereocenters. The molecule has 1 aliphatic carbocycles.